The van der Waals surface area contributed by atoms with Crippen molar-refractivity contribution in [3.05, 3.63) is 28.2 Å². The largest absolute Gasteiger partial charge is 0.461 e. The van der Waals surface area contributed by atoms with E-state index in [4.69, 9.17) is 10.5 Å². The van der Waals surface area contributed by atoms with E-state index in [2.05, 4.69) is 15.9 Å². The monoisotopic (exact) mass is 289 g/mol. The van der Waals surface area contributed by atoms with Crippen molar-refractivity contribution in [1.29, 1.82) is 0 Å². The summed E-state index contributed by atoms with van der Waals surface area (Å²) in [6, 6.07) is 5.02. The molecule has 2 N–H and O–H groups in total. The average Bonchev–Trinajstić information content (AvgIpc) is 2.22. The predicted octanol–water partition coefficient (Wildman–Crippen LogP) is 2.55. The summed E-state index contributed by atoms with van der Waals surface area (Å²) in [7, 11) is 0. The minimum Gasteiger partial charge on any atom is -0.461 e. The normalized spacial score (nSPS) is 10.0. The Morgan fingerprint density at radius 1 is 1.60 bits per heavy atom. The lowest BCUT2D eigenvalue weighted by atomic mass is 10.2. The number of rotatable bonds is 4. The van der Waals surface area contributed by atoms with Gasteiger partial charge < -0.3 is 10.5 Å². The quantitative estimate of drug-likeness (QED) is 0.526. The Labute approximate surface area is 101 Å². The summed E-state index contributed by atoms with van der Waals surface area (Å²) >= 11 is 4.90. The number of carbonyl (C=O) groups excluding carboxylic acids is 1. The molecule has 0 fully saturated rings. The van der Waals surface area contributed by atoms with Crippen LogP contribution in [0.2, 0.25) is 0 Å². The first kappa shape index (κ1) is 12.4. The van der Waals surface area contributed by atoms with E-state index >= 15 is 0 Å². The minimum atomic E-state index is -0.330. The molecule has 5 heteroatoms. The molecule has 1 aromatic rings. The molecule has 0 aliphatic rings. The van der Waals surface area contributed by atoms with Crippen molar-refractivity contribution in [3.63, 3.8) is 0 Å². The highest BCUT2D eigenvalue weighted by atomic mass is 79.9. The summed E-state index contributed by atoms with van der Waals surface area (Å²) in [6.07, 6.45) is 1.96. The SMILES string of the molecule is CSCCOC(=O)c1ccc(Br)c(N)c1. The number of hydrogen-bond acceptors (Lipinski definition) is 4. The molecular formula is C10H12BrNO2S. The number of nitrogens with two attached hydrogens (primary N) is 1. The molecule has 1 rings (SSSR count). The molecule has 0 radical (unpaired) electrons. The molecule has 0 aliphatic heterocycles. The van der Waals surface area contributed by atoms with E-state index in [1.807, 2.05) is 6.26 Å². The zero-order valence-electron chi connectivity index (χ0n) is 8.33. The van der Waals surface area contributed by atoms with Gasteiger partial charge >= 0.3 is 5.97 Å². The van der Waals surface area contributed by atoms with Gasteiger partial charge in [0.1, 0.15) is 6.61 Å². The van der Waals surface area contributed by atoms with Crippen LogP contribution in [0.5, 0.6) is 0 Å². The maximum absolute atomic E-state index is 11.5. The van der Waals surface area contributed by atoms with Gasteiger partial charge in [-0.1, -0.05) is 0 Å². The number of carbonyl (C=O) groups is 1. The molecule has 1 aromatic carbocycles. The second kappa shape index (κ2) is 6.02. The number of thioether (sulfide) groups is 1. The van der Waals surface area contributed by atoms with Gasteiger partial charge in [0, 0.05) is 15.9 Å². The topological polar surface area (TPSA) is 52.3 Å². The second-order valence-corrected chi connectivity index (χ2v) is 4.70. The fourth-order valence-corrected chi connectivity index (χ4v) is 1.47. The number of hydrogen-bond donors (Lipinski definition) is 1. The van der Waals surface area contributed by atoms with Gasteiger partial charge in [-0.05, 0) is 40.4 Å². The van der Waals surface area contributed by atoms with E-state index in [9.17, 15) is 4.79 Å². The fourth-order valence-electron chi connectivity index (χ4n) is 0.972. The second-order valence-electron chi connectivity index (χ2n) is 2.87. The molecule has 15 heavy (non-hydrogen) atoms. The Morgan fingerprint density at radius 2 is 2.33 bits per heavy atom. The summed E-state index contributed by atoms with van der Waals surface area (Å²) in [5, 5.41) is 0. The maximum Gasteiger partial charge on any atom is 0.338 e. The molecule has 0 amide bonds. The van der Waals surface area contributed by atoms with E-state index in [1.54, 1.807) is 30.0 Å². The van der Waals surface area contributed by atoms with Crippen LogP contribution in [0.4, 0.5) is 5.69 Å². The van der Waals surface area contributed by atoms with Gasteiger partial charge in [-0.15, -0.1) is 0 Å². The fraction of sp³-hybridized carbons (Fsp3) is 0.300. The first-order valence-electron chi connectivity index (χ1n) is 4.36. The van der Waals surface area contributed by atoms with Crippen LogP contribution in [-0.2, 0) is 4.74 Å². The third kappa shape index (κ3) is 3.76. The molecule has 82 valence electrons. The van der Waals surface area contributed by atoms with Crippen LogP contribution in [-0.4, -0.2) is 24.6 Å². The first-order valence-corrected chi connectivity index (χ1v) is 6.55. The van der Waals surface area contributed by atoms with Gasteiger partial charge in [-0.2, -0.15) is 11.8 Å². The Bertz CT molecular complexity index is 357. The Kier molecular flexibility index (Phi) is 4.98. The maximum atomic E-state index is 11.5. The number of anilines is 1. The van der Waals surface area contributed by atoms with Crippen molar-refractivity contribution in [2.24, 2.45) is 0 Å². The van der Waals surface area contributed by atoms with Crippen LogP contribution < -0.4 is 5.73 Å². The third-order valence-corrected chi connectivity index (χ3v) is 3.05. The number of benzene rings is 1. The van der Waals surface area contributed by atoms with Gasteiger partial charge in [0.25, 0.3) is 0 Å². The molecule has 0 unspecified atom stereocenters. The molecule has 0 saturated carbocycles. The minimum absolute atomic E-state index is 0.330. The lowest BCUT2D eigenvalue weighted by molar-refractivity contribution is 0.0530. The molecule has 3 nitrogen and oxygen atoms in total. The van der Waals surface area contributed by atoms with Gasteiger partial charge in [0.2, 0.25) is 0 Å². The predicted molar refractivity (Wildman–Crippen MR) is 67.2 cm³/mol. The smallest absolute Gasteiger partial charge is 0.338 e. The molecule has 0 spiro atoms. The number of halogens is 1. The van der Waals surface area contributed by atoms with E-state index in [1.165, 1.54) is 0 Å². The summed E-state index contributed by atoms with van der Waals surface area (Å²) in [4.78, 5) is 11.5. The number of ether oxygens (including phenoxy) is 1. The van der Waals surface area contributed by atoms with Gasteiger partial charge in [-0.25, -0.2) is 4.79 Å². The highest BCUT2D eigenvalue weighted by Crippen LogP contribution is 2.20. The summed E-state index contributed by atoms with van der Waals surface area (Å²) < 4.78 is 5.81. The van der Waals surface area contributed by atoms with Gasteiger partial charge in [0.05, 0.1) is 5.56 Å². The third-order valence-electron chi connectivity index (χ3n) is 1.75. The van der Waals surface area contributed by atoms with Crippen molar-refractivity contribution < 1.29 is 9.53 Å². The van der Waals surface area contributed by atoms with Crippen molar-refractivity contribution in [3.8, 4) is 0 Å². The van der Waals surface area contributed by atoms with Crippen LogP contribution in [0.15, 0.2) is 22.7 Å². The van der Waals surface area contributed by atoms with Crippen LogP contribution in [0.25, 0.3) is 0 Å². The standard InChI is InChI=1S/C10H12BrNO2S/c1-15-5-4-14-10(13)7-2-3-8(11)9(12)6-7/h2-3,6H,4-5,12H2,1H3. The van der Waals surface area contributed by atoms with Crippen LogP contribution in [0.1, 0.15) is 10.4 Å². The lowest BCUT2D eigenvalue weighted by Crippen LogP contribution is -2.08. The highest BCUT2D eigenvalue weighted by Gasteiger charge is 2.08. The molecule has 0 aliphatic carbocycles. The molecule has 0 bridgehead atoms. The highest BCUT2D eigenvalue weighted by molar-refractivity contribution is 9.10. The summed E-state index contributed by atoms with van der Waals surface area (Å²) in [5.74, 6) is 0.473. The van der Waals surface area contributed by atoms with Crippen molar-refractivity contribution in [2.45, 2.75) is 0 Å². The Hall–Kier alpha value is -0.680. The van der Waals surface area contributed by atoms with Crippen molar-refractivity contribution in [2.75, 3.05) is 24.3 Å². The van der Waals surface area contributed by atoms with Crippen LogP contribution >= 0.6 is 27.7 Å². The van der Waals surface area contributed by atoms with E-state index in [-0.39, 0.29) is 5.97 Å². The number of nitrogen functional groups attached to an aromatic ring is 1. The molecule has 0 aromatic heterocycles. The van der Waals surface area contributed by atoms with E-state index in [0.717, 1.165) is 10.2 Å². The molecule has 0 atom stereocenters. The number of esters is 1. The van der Waals surface area contributed by atoms with E-state index in [0.29, 0.717) is 17.9 Å². The summed E-state index contributed by atoms with van der Waals surface area (Å²) in [5.41, 5.74) is 6.67. The van der Waals surface area contributed by atoms with Gasteiger partial charge in [-0.3, -0.25) is 0 Å². The zero-order chi connectivity index (χ0) is 11.3. The first-order chi connectivity index (χ1) is 7.15. The van der Waals surface area contributed by atoms with Crippen molar-refractivity contribution in [1.82, 2.24) is 0 Å². The van der Waals surface area contributed by atoms with Crippen molar-refractivity contribution >= 4 is 39.3 Å². The summed E-state index contributed by atoms with van der Waals surface area (Å²) in [6.45, 7) is 0.427. The Balaban J connectivity index is 2.62. The zero-order valence-corrected chi connectivity index (χ0v) is 10.7. The van der Waals surface area contributed by atoms with E-state index < -0.39 is 0 Å². The molecular weight excluding hydrogens is 278 g/mol. The van der Waals surface area contributed by atoms with Gasteiger partial charge in [0.15, 0.2) is 0 Å². The van der Waals surface area contributed by atoms with Crippen LogP contribution in [0.3, 0.4) is 0 Å². The average molecular weight is 290 g/mol. The molecule has 0 heterocycles. The molecule has 0 saturated heterocycles. The Morgan fingerprint density at radius 3 is 2.93 bits per heavy atom. The lowest BCUT2D eigenvalue weighted by Gasteiger charge is -2.05. The van der Waals surface area contributed by atoms with Crippen LogP contribution in [0, 0.1) is 0 Å².